The maximum Gasteiger partial charge on any atom is 0.163 e. The predicted molar refractivity (Wildman–Crippen MR) is 99.0 cm³/mol. The average Bonchev–Trinajstić information content (AvgIpc) is 2.88. The highest BCUT2D eigenvalue weighted by atomic mass is 16.5. The van der Waals surface area contributed by atoms with Gasteiger partial charge in [-0.1, -0.05) is 51.1 Å². The van der Waals surface area contributed by atoms with E-state index in [-0.39, 0.29) is 11.2 Å². The molecule has 0 radical (unpaired) electrons. The fourth-order valence-electron chi connectivity index (χ4n) is 3.12. The Morgan fingerprint density at radius 2 is 1.71 bits per heavy atom. The molecule has 2 aromatic rings. The van der Waals surface area contributed by atoms with Gasteiger partial charge in [-0.05, 0) is 47.9 Å². The normalized spacial score (nSPS) is 14.0. The number of Topliss-reactive ketones (excluding diaryl/α,β-unsaturated/α-hetero) is 1. The lowest BCUT2D eigenvalue weighted by Gasteiger charge is -2.22. The van der Waals surface area contributed by atoms with Gasteiger partial charge in [-0.3, -0.25) is 4.79 Å². The van der Waals surface area contributed by atoms with Crippen LogP contribution in [0.5, 0.6) is 5.75 Å². The third kappa shape index (κ3) is 3.24. The molecule has 0 saturated heterocycles. The van der Waals surface area contributed by atoms with Crippen LogP contribution in [0.3, 0.4) is 0 Å². The number of hydrogen-bond donors (Lipinski definition) is 0. The molecule has 0 N–H and O–H groups in total. The first-order valence-corrected chi connectivity index (χ1v) is 8.66. The van der Waals surface area contributed by atoms with Crippen molar-refractivity contribution in [3.05, 3.63) is 52.6 Å². The highest BCUT2D eigenvalue weighted by Crippen LogP contribution is 2.37. The summed E-state index contributed by atoms with van der Waals surface area (Å²) in [5.41, 5.74) is 6.84. The molecular weight excluding hydrogens is 296 g/mol. The van der Waals surface area contributed by atoms with Crippen molar-refractivity contribution in [2.24, 2.45) is 5.41 Å². The highest BCUT2D eigenvalue weighted by Gasteiger charge is 2.21. The Balaban J connectivity index is 2.04. The van der Waals surface area contributed by atoms with Crippen molar-refractivity contribution in [1.82, 2.24) is 0 Å². The van der Waals surface area contributed by atoms with Crippen molar-refractivity contribution in [1.29, 1.82) is 0 Å². The van der Waals surface area contributed by atoms with Crippen molar-refractivity contribution < 1.29 is 9.53 Å². The van der Waals surface area contributed by atoms with E-state index >= 15 is 0 Å². The average molecular weight is 322 g/mol. The summed E-state index contributed by atoms with van der Waals surface area (Å²) in [6, 6.07) is 10.5. The fraction of sp³-hybridized carbons (Fsp3) is 0.409. The number of carbonyl (C=O) groups excluding carboxylic acids is 1. The number of hydrogen-bond acceptors (Lipinski definition) is 2. The van der Waals surface area contributed by atoms with Crippen molar-refractivity contribution in [3.8, 4) is 16.9 Å². The Hall–Kier alpha value is -2.09. The standard InChI is InChI=1S/C22H26O2/c1-14-6-9-19(21(15(14)2)24-13-22(3,4)5)17-7-10-18-16(12-17)8-11-20(18)23/h6-7,9-10,12H,8,11,13H2,1-5H3. The van der Waals surface area contributed by atoms with Crippen LogP contribution < -0.4 is 4.74 Å². The third-order valence-corrected chi connectivity index (χ3v) is 4.66. The van der Waals surface area contributed by atoms with Gasteiger partial charge >= 0.3 is 0 Å². The Kier molecular flexibility index (Phi) is 4.25. The summed E-state index contributed by atoms with van der Waals surface area (Å²) in [5, 5.41) is 0. The smallest absolute Gasteiger partial charge is 0.163 e. The molecule has 1 aliphatic rings. The largest absolute Gasteiger partial charge is 0.492 e. The zero-order valence-corrected chi connectivity index (χ0v) is 15.3. The summed E-state index contributed by atoms with van der Waals surface area (Å²) in [4.78, 5) is 11.9. The molecule has 0 saturated carbocycles. The van der Waals surface area contributed by atoms with Crippen LogP contribution in [0, 0.1) is 19.3 Å². The first-order valence-electron chi connectivity index (χ1n) is 8.66. The first kappa shape index (κ1) is 16.8. The number of aryl methyl sites for hydroxylation is 2. The van der Waals surface area contributed by atoms with Crippen LogP contribution >= 0.6 is 0 Å². The Morgan fingerprint density at radius 1 is 1.00 bits per heavy atom. The summed E-state index contributed by atoms with van der Waals surface area (Å²) < 4.78 is 6.24. The molecular formula is C22H26O2. The van der Waals surface area contributed by atoms with E-state index in [2.05, 4.69) is 58.9 Å². The molecule has 2 heteroatoms. The minimum Gasteiger partial charge on any atom is -0.492 e. The van der Waals surface area contributed by atoms with Crippen LogP contribution in [-0.4, -0.2) is 12.4 Å². The second-order valence-corrected chi connectivity index (χ2v) is 8.03. The van der Waals surface area contributed by atoms with E-state index in [1.807, 2.05) is 6.07 Å². The van der Waals surface area contributed by atoms with Gasteiger partial charge in [0.2, 0.25) is 0 Å². The molecule has 0 amide bonds. The molecule has 0 bridgehead atoms. The number of rotatable bonds is 3. The van der Waals surface area contributed by atoms with E-state index in [9.17, 15) is 4.79 Å². The Bertz CT molecular complexity index is 794. The summed E-state index contributed by atoms with van der Waals surface area (Å²) in [7, 11) is 0. The van der Waals surface area contributed by atoms with Crippen LogP contribution in [0.4, 0.5) is 0 Å². The number of fused-ring (bicyclic) bond motifs is 1. The van der Waals surface area contributed by atoms with Crippen molar-refractivity contribution in [3.63, 3.8) is 0 Å². The van der Waals surface area contributed by atoms with E-state index in [0.717, 1.165) is 34.4 Å². The van der Waals surface area contributed by atoms with Gasteiger partial charge < -0.3 is 4.74 Å². The second kappa shape index (κ2) is 6.08. The quantitative estimate of drug-likeness (QED) is 0.743. The first-order chi connectivity index (χ1) is 11.3. The zero-order chi connectivity index (χ0) is 17.5. The number of ether oxygens (including phenoxy) is 1. The molecule has 3 rings (SSSR count). The van der Waals surface area contributed by atoms with Gasteiger partial charge in [-0.25, -0.2) is 0 Å². The van der Waals surface area contributed by atoms with Gasteiger partial charge in [0.05, 0.1) is 6.61 Å². The predicted octanol–water partition coefficient (Wildman–Crippen LogP) is 5.52. The summed E-state index contributed by atoms with van der Waals surface area (Å²) >= 11 is 0. The van der Waals surface area contributed by atoms with E-state index in [1.165, 1.54) is 11.1 Å². The minimum absolute atomic E-state index is 0.109. The lowest BCUT2D eigenvalue weighted by molar-refractivity contribution is 0.0994. The molecule has 126 valence electrons. The van der Waals surface area contributed by atoms with E-state index < -0.39 is 0 Å². The molecule has 2 nitrogen and oxygen atoms in total. The Labute approximate surface area is 144 Å². The summed E-state index contributed by atoms with van der Waals surface area (Å²) in [6.45, 7) is 11.4. The summed E-state index contributed by atoms with van der Waals surface area (Å²) in [6.07, 6.45) is 1.49. The number of carbonyl (C=O) groups is 1. The molecule has 0 unspecified atom stereocenters. The topological polar surface area (TPSA) is 26.3 Å². The molecule has 0 atom stereocenters. The van der Waals surface area contributed by atoms with Gasteiger partial charge in [-0.15, -0.1) is 0 Å². The molecule has 0 aliphatic heterocycles. The van der Waals surface area contributed by atoms with Crippen molar-refractivity contribution in [2.75, 3.05) is 6.61 Å². The van der Waals surface area contributed by atoms with Crippen LogP contribution in [0.2, 0.25) is 0 Å². The number of benzene rings is 2. The molecule has 1 aliphatic carbocycles. The fourth-order valence-corrected chi connectivity index (χ4v) is 3.12. The zero-order valence-electron chi connectivity index (χ0n) is 15.3. The van der Waals surface area contributed by atoms with Crippen LogP contribution in [-0.2, 0) is 6.42 Å². The maximum absolute atomic E-state index is 11.9. The van der Waals surface area contributed by atoms with Gasteiger partial charge in [0.15, 0.2) is 5.78 Å². The van der Waals surface area contributed by atoms with E-state index in [0.29, 0.717) is 13.0 Å². The van der Waals surface area contributed by atoms with Gasteiger partial charge in [-0.2, -0.15) is 0 Å². The molecule has 0 spiro atoms. The Morgan fingerprint density at radius 3 is 2.42 bits per heavy atom. The summed E-state index contributed by atoms with van der Waals surface area (Å²) in [5.74, 6) is 1.23. The van der Waals surface area contributed by atoms with E-state index in [1.54, 1.807) is 0 Å². The second-order valence-electron chi connectivity index (χ2n) is 8.03. The highest BCUT2D eigenvalue weighted by molar-refractivity contribution is 6.01. The molecule has 0 aromatic heterocycles. The monoisotopic (exact) mass is 322 g/mol. The lowest BCUT2D eigenvalue weighted by Crippen LogP contribution is -2.17. The van der Waals surface area contributed by atoms with Crippen molar-refractivity contribution in [2.45, 2.75) is 47.5 Å². The molecule has 0 heterocycles. The van der Waals surface area contributed by atoms with Crippen LogP contribution in [0.1, 0.15) is 54.2 Å². The van der Waals surface area contributed by atoms with Crippen LogP contribution in [0.15, 0.2) is 30.3 Å². The molecule has 24 heavy (non-hydrogen) atoms. The maximum atomic E-state index is 11.9. The molecule has 0 fully saturated rings. The SMILES string of the molecule is Cc1ccc(-c2ccc3c(c2)CCC3=O)c(OCC(C)(C)C)c1C. The number of ketones is 1. The van der Waals surface area contributed by atoms with Gasteiger partial charge in [0.25, 0.3) is 0 Å². The minimum atomic E-state index is 0.109. The lowest BCUT2D eigenvalue weighted by atomic mass is 9.95. The van der Waals surface area contributed by atoms with Crippen LogP contribution in [0.25, 0.3) is 11.1 Å². The van der Waals surface area contributed by atoms with E-state index in [4.69, 9.17) is 4.74 Å². The molecule has 2 aromatic carbocycles. The van der Waals surface area contributed by atoms with Gasteiger partial charge in [0.1, 0.15) is 5.75 Å². The van der Waals surface area contributed by atoms with Gasteiger partial charge in [0, 0.05) is 17.5 Å². The van der Waals surface area contributed by atoms with Crippen molar-refractivity contribution >= 4 is 5.78 Å². The third-order valence-electron chi connectivity index (χ3n) is 4.66.